The van der Waals surface area contributed by atoms with Crippen LogP contribution in [0.3, 0.4) is 0 Å². The fraction of sp³-hybridized carbons (Fsp3) is 0.500. The number of hydrogen-bond donors (Lipinski definition) is 1. The van der Waals surface area contributed by atoms with Crippen molar-refractivity contribution in [2.24, 2.45) is 0 Å². The van der Waals surface area contributed by atoms with E-state index in [1.54, 1.807) is 0 Å². The molecule has 1 aliphatic rings. The van der Waals surface area contributed by atoms with Crippen molar-refractivity contribution < 1.29 is 9.90 Å². The second-order valence-corrected chi connectivity index (χ2v) is 5.99. The first-order valence-corrected chi connectivity index (χ1v) is 7.20. The van der Waals surface area contributed by atoms with Crippen molar-refractivity contribution in [2.45, 2.75) is 19.4 Å². The molecule has 0 aromatic heterocycles. The number of halogens is 1. The molecule has 1 aromatic rings. The molecule has 1 N–H and O–H groups in total. The third-order valence-electron chi connectivity index (χ3n) is 3.69. The maximum absolute atomic E-state index is 10.7. The average Bonchev–Trinajstić information content (AvgIpc) is 2.81. The minimum absolute atomic E-state index is 0.107. The quantitative estimate of drug-likeness (QED) is 0.922. The number of likely N-dealkylation sites (N-methyl/N-ethyl adjacent to an activating group) is 1. The third kappa shape index (κ3) is 3.48. The number of rotatable bonds is 4. The molecule has 0 spiro atoms. The first kappa shape index (κ1) is 14.3. The van der Waals surface area contributed by atoms with Gasteiger partial charge in [-0.25, -0.2) is 0 Å². The van der Waals surface area contributed by atoms with Crippen LogP contribution >= 0.6 is 15.9 Å². The molecule has 1 heterocycles. The van der Waals surface area contributed by atoms with Crippen molar-refractivity contribution in [3.8, 4) is 0 Å². The normalized spacial score (nSPS) is 19.2. The van der Waals surface area contributed by atoms with Gasteiger partial charge in [0.25, 0.3) is 0 Å². The van der Waals surface area contributed by atoms with Gasteiger partial charge in [0.2, 0.25) is 0 Å². The maximum atomic E-state index is 10.7. The van der Waals surface area contributed by atoms with Gasteiger partial charge in [0.1, 0.15) is 0 Å². The van der Waals surface area contributed by atoms with Crippen LogP contribution in [0.5, 0.6) is 0 Å². The Bertz CT molecular complexity index is 479. The fourth-order valence-corrected chi connectivity index (χ4v) is 2.82. The van der Waals surface area contributed by atoms with Gasteiger partial charge in [0, 0.05) is 29.3 Å². The lowest BCUT2D eigenvalue weighted by Crippen LogP contribution is -2.37. The molecule has 1 aliphatic heterocycles. The van der Waals surface area contributed by atoms with Crippen molar-refractivity contribution >= 4 is 27.6 Å². The van der Waals surface area contributed by atoms with Crippen LogP contribution in [-0.2, 0) is 4.79 Å². The first-order valence-electron chi connectivity index (χ1n) is 6.40. The van der Waals surface area contributed by atoms with Crippen molar-refractivity contribution in [3.63, 3.8) is 0 Å². The summed E-state index contributed by atoms with van der Waals surface area (Å²) in [7, 11) is 1.88. The Kier molecular flexibility index (Phi) is 4.47. The second-order valence-electron chi connectivity index (χ2n) is 5.13. The number of aryl methyl sites for hydroxylation is 1. The summed E-state index contributed by atoms with van der Waals surface area (Å²) in [6.45, 7) is 4.04. The molecule has 0 aliphatic carbocycles. The van der Waals surface area contributed by atoms with E-state index in [1.165, 1.54) is 11.3 Å². The van der Waals surface area contributed by atoms with Gasteiger partial charge in [-0.2, -0.15) is 0 Å². The highest BCUT2D eigenvalue weighted by atomic mass is 79.9. The van der Waals surface area contributed by atoms with E-state index < -0.39 is 5.97 Å². The lowest BCUT2D eigenvalue weighted by molar-refractivity contribution is -0.138. The van der Waals surface area contributed by atoms with Gasteiger partial charge in [-0.15, -0.1) is 0 Å². The van der Waals surface area contributed by atoms with Crippen molar-refractivity contribution in [3.05, 3.63) is 28.2 Å². The minimum atomic E-state index is -0.765. The molecular formula is C14H19BrN2O2. The molecule has 0 saturated carbocycles. The summed E-state index contributed by atoms with van der Waals surface area (Å²) in [5, 5.41) is 8.83. The molecule has 1 unspecified atom stereocenters. The van der Waals surface area contributed by atoms with Crippen LogP contribution in [0.4, 0.5) is 5.69 Å². The van der Waals surface area contributed by atoms with Crippen LogP contribution in [0.15, 0.2) is 22.7 Å². The number of carboxylic acid groups (broad SMARTS) is 1. The maximum Gasteiger partial charge on any atom is 0.317 e. The number of nitrogens with zero attached hydrogens (tertiary/aromatic N) is 2. The van der Waals surface area contributed by atoms with E-state index in [4.69, 9.17) is 5.11 Å². The summed E-state index contributed by atoms with van der Waals surface area (Å²) < 4.78 is 1.12. The Morgan fingerprint density at radius 3 is 2.95 bits per heavy atom. The minimum Gasteiger partial charge on any atom is -0.480 e. The zero-order valence-electron chi connectivity index (χ0n) is 11.3. The molecule has 1 atom stereocenters. The monoisotopic (exact) mass is 326 g/mol. The van der Waals surface area contributed by atoms with E-state index in [2.05, 4.69) is 46.0 Å². The van der Waals surface area contributed by atoms with Crippen molar-refractivity contribution in [1.29, 1.82) is 0 Å². The summed E-state index contributed by atoms with van der Waals surface area (Å²) in [4.78, 5) is 15.0. The van der Waals surface area contributed by atoms with Crippen LogP contribution in [0.1, 0.15) is 12.0 Å². The van der Waals surface area contributed by atoms with Gasteiger partial charge < -0.3 is 10.0 Å². The molecule has 0 amide bonds. The zero-order chi connectivity index (χ0) is 14.0. The summed E-state index contributed by atoms with van der Waals surface area (Å²) in [6, 6.07) is 6.68. The molecule has 4 nitrogen and oxygen atoms in total. The smallest absolute Gasteiger partial charge is 0.317 e. The van der Waals surface area contributed by atoms with E-state index in [-0.39, 0.29) is 6.54 Å². The number of carbonyl (C=O) groups is 1. The number of hydrogen-bond acceptors (Lipinski definition) is 3. The second kappa shape index (κ2) is 5.92. The van der Waals surface area contributed by atoms with Crippen molar-refractivity contribution in [1.82, 2.24) is 4.90 Å². The number of aliphatic carboxylic acids is 1. The van der Waals surface area contributed by atoms with Crippen LogP contribution in [0.2, 0.25) is 0 Å². The predicted octanol–water partition coefficient (Wildman–Crippen LogP) is 2.35. The van der Waals surface area contributed by atoms with Gasteiger partial charge >= 0.3 is 5.97 Å². The molecular weight excluding hydrogens is 308 g/mol. The summed E-state index contributed by atoms with van der Waals surface area (Å²) in [5.41, 5.74) is 2.42. The molecule has 5 heteroatoms. The van der Waals surface area contributed by atoms with E-state index in [9.17, 15) is 4.79 Å². The lowest BCUT2D eigenvalue weighted by atomic mass is 10.2. The molecule has 1 saturated heterocycles. The van der Waals surface area contributed by atoms with E-state index in [0.29, 0.717) is 6.04 Å². The Labute approximate surface area is 122 Å². The van der Waals surface area contributed by atoms with Crippen molar-refractivity contribution in [2.75, 3.05) is 31.6 Å². The average molecular weight is 327 g/mol. The molecule has 1 fully saturated rings. The predicted molar refractivity (Wildman–Crippen MR) is 79.8 cm³/mol. The Balaban J connectivity index is 2.01. The number of carboxylic acids is 1. The standard InChI is InChI=1S/C14H19BrN2O2/c1-10-3-4-11(7-13(10)15)17-6-5-12(8-17)16(2)9-14(18)19/h3-4,7,12H,5-6,8-9H2,1-2H3,(H,18,19). The highest BCUT2D eigenvalue weighted by molar-refractivity contribution is 9.10. The van der Waals surface area contributed by atoms with Crippen LogP contribution in [-0.4, -0.2) is 48.7 Å². The van der Waals surface area contributed by atoms with Gasteiger partial charge in [-0.1, -0.05) is 22.0 Å². The topological polar surface area (TPSA) is 43.8 Å². The van der Waals surface area contributed by atoms with Crippen LogP contribution < -0.4 is 4.90 Å². The van der Waals surface area contributed by atoms with E-state index in [0.717, 1.165) is 24.0 Å². The molecule has 1 aromatic carbocycles. The van der Waals surface area contributed by atoms with E-state index >= 15 is 0 Å². The molecule has 2 rings (SSSR count). The Morgan fingerprint density at radius 1 is 1.58 bits per heavy atom. The summed E-state index contributed by atoms with van der Waals surface area (Å²) in [5.74, 6) is -0.765. The molecule has 19 heavy (non-hydrogen) atoms. The van der Waals surface area contributed by atoms with E-state index in [1.807, 2.05) is 11.9 Å². The molecule has 0 radical (unpaired) electrons. The molecule has 104 valence electrons. The SMILES string of the molecule is Cc1ccc(N2CCC(N(C)CC(=O)O)C2)cc1Br. The number of benzene rings is 1. The Hall–Kier alpha value is -1.07. The van der Waals surface area contributed by atoms with Gasteiger partial charge in [-0.3, -0.25) is 9.69 Å². The van der Waals surface area contributed by atoms with Crippen LogP contribution in [0, 0.1) is 6.92 Å². The Morgan fingerprint density at radius 2 is 2.32 bits per heavy atom. The van der Waals surface area contributed by atoms with Gasteiger partial charge in [0.15, 0.2) is 0 Å². The highest BCUT2D eigenvalue weighted by Gasteiger charge is 2.26. The zero-order valence-corrected chi connectivity index (χ0v) is 12.9. The van der Waals surface area contributed by atoms with Gasteiger partial charge in [0.05, 0.1) is 6.54 Å². The highest BCUT2D eigenvalue weighted by Crippen LogP contribution is 2.27. The summed E-state index contributed by atoms with van der Waals surface area (Å²) >= 11 is 3.56. The van der Waals surface area contributed by atoms with Gasteiger partial charge in [-0.05, 0) is 38.1 Å². The largest absolute Gasteiger partial charge is 0.480 e. The molecule has 0 bridgehead atoms. The van der Waals surface area contributed by atoms with Crippen LogP contribution in [0.25, 0.3) is 0 Å². The number of anilines is 1. The first-order chi connectivity index (χ1) is 8.97. The lowest BCUT2D eigenvalue weighted by Gasteiger charge is -2.24. The fourth-order valence-electron chi connectivity index (χ4n) is 2.46. The summed E-state index contributed by atoms with van der Waals surface area (Å²) in [6.07, 6.45) is 1.01. The third-order valence-corrected chi connectivity index (χ3v) is 4.55.